The number of nitrogens with one attached hydrogen (secondary N) is 1. The molecule has 0 aliphatic carbocycles. The fourth-order valence-corrected chi connectivity index (χ4v) is 4.43. The van der Waals surface area contributed by atoms with Crippen molar-refractivity contribution in [2.45, 2.75) is 33.1 Å². The lowest BCUT2D eigenvalue weighted by Crippen LogP contribution is -2.34. The van der Waals surface area contributed by atoms with Gasteiger partial charge in [-0.15, -0.1) is 15.3 Å². The van der Waals surface area contributed by atoms with Gasteiger partial charge in [0.25, 0.3) is 5.78 Å². The van der Waals surface area contributed by atoms with Crippen LogP contribution < -0.4 is 5.32 Å². The van der Waals surface area contributed by atoms with Gasteiger partial charge in [-0.3, -0.25) is 9.20 Å². The number of carbonyl (C=O) groups is 1. The minimum Gasteiger partial charge on any atom is -0.355 e. The van der Waals surface area contributed by atoms with Crippen molar-refractivity contribution in [2.24, 2.45) is 0 Å². The highest BCUT2D eigenvalue weighted by atomic mass is 16.1. The van der Waals surface area contributed by atoms with E-state index in [1.54, 1.807) is 4.52 Å². The summed E-state index contributed by atoms with van der Waals surface area (Å²) in [4.78, 5) is 19.4. The zero-order chi connectivity index (χ0) is 24.2. The van der Waals surface area contributed by atoms with Crippen LogP contribution in [0, 0.1) is 0 Å². The Hall–Kier alpha value is -3.85. The lowest BCUT2D eigenvalue weighted by atomic mass is 10.2. The van der Waals surface area contributed by atoms with Crippen molar-refractivity contribution in [3.8, 4) is 11.4 Å². The summed E-state index contributed by atoms with van der Waals surface area (Å²) in [6.45, 7) is 7.80. The van der Waals surface area contributed by atoms with E-state index < -0.39 is 0 Å². The van der Waals surface area contributed by atoms with E-state index in [2.05, 4.69) is 34.3 Å². The van der Waals surface area contributed by atoms with Crippen molar-refractivity contribution < 1.29 is 4.79 Å². The molecular weight excluding hydrogens is 440 g/mol. The quantitative estimate of drug-likeness (QED) is 0.336. The van der Waals surface area contributed by atoms with Gasteiger partial charge in [-0.2, -0.15) is 4.52 Å². The molecule has 9 heteroatoms. The van der Waals surface area contributed by atoms with Gasteiger partial charge in [0, 0.05) is 36.9 Å². The third kappa shape index (κ3) is 4.59. The predicted molar refractivity (Wildman–Crippen MR) is 136 cm³/mol. The molecule has 1 N–H and O–H groups in total. The highest BCUT2D eigenvalue weighted by molar-refractivity contribution is 5.94. The summed E-state index contributed by atoms with van der Waals surface area (Å²) in [5.41, 5.74) is 2.68. The molecule has 0 atom stereocenters. The number of benzene rings is 2. The molecule has 2 aromatic carbocycles. The average Bonchev–Trinajstić information content (AvgIpc) is 3.53. The van der Waals surface area contributed by atoms with Gasteiger partial charge in [0.05, 0.1) is 5.52 Å². The van der Waals surface area contributed by atoms with E-state index in [9.17, 15) is 4.79 Å². The van der Waals surface area contributed by atoms with Gasteiger partial charge in [-0.05, 0) is 31.6 Å². The number of aromatic nitrogens is 6. The molecule has 0 aliphatic rings. The number of hydrogen-bond acceptors (Lipinski definition) is 6. The lowest BCUT2D eigenvalue weighted by Gasteiger charge is -2.17. The Labute approximate surface area is 203 Å². The van der Waals surface area contributed by atoms with Gasteiger partial charge in [-0.1, -0.05) is 56.3 Å². The van der Waals surface area contributed by atoms with Gasteiger partial charge in [0.15, 0.2) is 11.5 Å². The summed E-state index contributed by atoms with van der Waals surface area (Å²) in [6, 6.07) is 18.0. The van der Waals surface area contributed by atoms with Crippen LogP contribution in [0.15, 0.2) is 54.6 Å². The summed E-state index contributed by atoms with van der Waals surface area (Å²) in [5.74, 6) is 2.15. The topological polar surface area (TPSA) is 92.7 Å². The van der Waals surface area contributed by atoms with E-state index in [1.165, 1.54) is 0 Å². The summed E-state index contributed by atoms with van der Waals surface area (Å²) < 4.78 is 3.80. The number of rotatable bonds is 10. The van der Waals surface area contributed by atoms with Crippen molar-refractivity contribution in [1.82, 2.24) is 39.4 Å². The molecular formula is C26H30N8O. The van der Waals surface area contributed by atoms with Crippen molar-refractivity contribution in [1.29, 1.82) is 0 Å². The minimum absolute atomic E-state index is 0.0713. The number of amides is 1. The second-order valence-corrected chi connectivity index (χ2v) is 8.54. The van der Waals surface area contributed by atoms with Gasteiger partial charge in [0.1, 0.15) is 5.82 Å². The van der Waals surface area contributed by atoms with Crippen molar-refractivity contribution >= 4 is 28.2 Å². The van der Waals surface area contributed by atoms with Crippen molar-refractivity contribution in [2.75, 3.05) is 26.2 Å². The summed E-state index contributed by atoms with van der Waals surface area (Å²) in [6.07, 6.45) is 1.78. The van der Waals surface area contributed by atoms with E-state index >= 15 is 0 Å². The number of aryl methyl sites for hydroxylation is 1. The second-order valence-electron chi connectivity index (χ2n) is 8.54. The van der Waals surface area contributed by atoms with Gasteiger partial charge in [0.2, 0.25) is 5.91 Å². The first-order valence-electron chi connectivity index (χ1n) is 12.3. The Kier molecular flexibility index (Phi) is 6.67. The molecule has 3 heterocycles. The van der Waals surface area contributed by atoms with E-state index in [4.69, 9.17) is 10.1 Å². The fourth-order valence-electron chi connectivity index (χ4n) is 4.43. The number of hydrogen-bond donors (Lipinski definition) is 1. The molecule has 0 unspecified atom stereocenters. The van der Waals surface area contributed by atoms with Gasteiger partial charge < -0.3 is 10.2 Å². The average molecular weight is 471 g/mol. The third-order valence-electron chi connectivity index (χ3n) is 6.38. The van der Waals surface area contributed by atoms with Gasteiger partial charge >= 0.3 is 0 Å². The van der Waals surface area contributed by atoms with Crippen LogP contribution in [-0.4, -0.2) is 66.2 Å². The molecule has 9 nitrogen and oxygen atoms in total. The number of carbonyl (C=O) groups excluding carboxylic acids is 1. The standard InChI is InChI=1S/C26H30N8O/c1-3-32(4-2)18-17-27-23(35)16-10-15-22-29-30-26-33(22)21-14-9-8-13-20(21)25-28-24(31-34(25)26)19-11-6-5-7-12-19/h5-9,11-14H,3-4,10,15-18H2,1-2H3,(H,27,35). The predicted octanol–water partition coefficient (Wildman–Crippen LogP) is 3.37. The molecule has 0 aliphatic heterocycles. The molecule has 0 spiro atoms. The number of likely N-dealkylation sites (N-methyl/N-ethyl adjacent to an activating group) is 1. The Balaban J connectivity index is 1.39. The summed E-state index contributed by atoms with van der Waals surface area (Å²) >= 11 is 0. The van der Waals surface area contributed by atoms with Crippen LogP contribution in [0.3, 0.4) is 0 Å². The molecule has 0 saturated carbocycles. The smallest absolute Gasteiger partial charge is 0.258 e. The second kappa shape index (κ2) is 10.2. The number of fused-ring (bicyclic) bond motifs is 6. The van der Waals surface area contributed by atoms with Crippen LogP contribution in [0.4, 0.5) is 0 Å². The van der Waals surface area contributed by atoms with Crippen LogP contribution in [0.1, 0.15) is 32.5 Å². The molecule has 3 aromatic heterocycles. The first-order chi connectivity index (χ1) is 17.2. The molecule has 180 valence electrons. The van der Waals surface area contributed by atoms with Crippen LogP contribution in [0.2, 0.25) is 0 Å². The summed E-state index contributed by atoms with van der Waals surface area (Å²) in [5, 5.41) is 17.7. The van der Waals surface area contributed by atoms with Gasteiger partial charge in [-0.25, -0.2) is 4.98 Å². The molecule has 5 rings (SSSR count). The van der Waals surface area contributed by atoms with Crippen LogP contribution in [0.25, 0.3) is 33.7 Å². The monoisotopic (exact) mass is 470 g/mol. The maximum absolute atomic E-state index is 12.3. The maximum Gasteiger partial charge on any atom is 0.258 e. The first-order valence-corrected chi connectivity index (χ1v) is 12.3. The fraction of sp³-hybridized carbons (Fsp3) is 0.346. The Bertz CT molecular complexity index is 1450. The van der Waals surface area contributed by atoms with E-state index in [1.807, 2.05) is 59.0 Å². The molecule has 0 fully saturated rings. The highest BCUT2D eigenvalue weighted by Crippen LogP contribution is 2.25. The van der Waals surface area contributed by atoms with Crippen molar-refractivity contribution in [3.63, 3.8) is 0 Å². The lowest BCUT2D eigenvalue weighted by molar-refractivity contribution is -0.121. The Morgan fingerprint density at radius 3 is 2.57 bits per heavy atom. The molecule has 5 aromatic rings. The molecule has 0 radical (unpaired) electrons. The molecule has 35 heavy (non-hydrogen) atoms. The first kappa shape index (κ1) is 22.9. The minimum atomic E-state index is 0.0713. The van der Waals surface area contributed by atoms with Crippen LogP contribution in [0.5, 0.6) is 0 Å². The zero-order valence-electron chi connectivity index (χ0n) is 20.2. The largest absolute Gasteiger partial charge is 0.355 e. The summed E-state index contributed by atoms with van der Waals surface area (Å²) in [7, 11) is 0. The Morgan fingerprint density at radius 2 is 1.77 bits per heavy atom. The SMILES string of the molecule is CCN(CC)CCNC(=O)CCCc1nnc2n3nc(-c4ccccc4)nc3c3ccccc3n12. The van der Waals surface area contributed by atoms with E-state index in [0.29, 0.717) is 37.4 Å². The van der Waals surface area contributed by atoms with E-state index in [-0.39, 0.29) is 5.91 Å². The van der Waals surface area contributed by atoms with Crippen LogP contribution >= 0.6 is 0 Å². The Morgan fingerprint density at radius 1 is 1.00 bits per heavy atom. The van der Waals surface area contributed by atoms with Crippen molar-refractivity contribution in [3.05, 3.63) is 60.4 Å². The number of para-hydroxylation sites is 1. The molecule has 1 amide bonds. The maximum atomic E-state index is 12.3. The molecule has 0 bridgehead atoms. The normalized spacial score (nSPS) is 11.7. The zero-order valence-corrected chi connectivity index (χ0v) is 20.2. The molecule has 0 saturated heterocycles. The number of nitrogens with zero attached hydrogens (tertiary/aromatic N) is 7. The van der Waals surface area contributed by atoms with Crippen LogP contribution in [-0.2, 0) is 11.2 Å². The third-order valence-corrected chi connectivity index (χ3v) is 6.38. The van der Waals surface area contributed by atoms with E-state index in [0.717, 1.165) is 47.6 Å². The highest BCUT2D eigenvalue weighted by Gasteiger charge is 2.18.